The van der Waals surface area contributed by atoms with Crippen LogP contribution in [-0.2, 0) is 4.74 Å². The summed E-state index contributed by atoms with van der Waals surface area (Å²) in [6, 6.07) is 8.27. The molecule has 3 heteroatoms. The zero-order chi connectivity index (χ0) is 20.1. The number of allylic oxidation sites excluding steroid dienone is 1. The van der Waals surface area contributed by atoms with Gasteiger partial charge in [0, 0.05) is 25.5 Å². The van der Waals surface area contributed by atoms with Crippen molar-refractivity contribution >= 4 is 5.69 Å². The molecule has 0 aliphatic heterocycles. The van der Waals surface area contributed by atoms with Crippen molar-refractivity contribution in [2.45, 2.75) is 72.8 Å². The van der Waals surface area contributed by atoms with Crippen molar-refractivity contribution in [1.29, 1.82) is 5.26 Å². The predicted octanol–water partition coefficient (Wildman–Crippen LogP) is 6.22. The van der Waals surface area contributed by atoms with Crippen LogP contribution >= 0.6 is 0 Å². The number of nitriles is 1. The second-order valence-electron chi connectivity index (χ2n) is 9.33. The molecule has 1 aliphatic rings. The highest BCUT2D eigenvalue weighted by molar-refractivity contribution is 5.59. The summed E-state index contributed by atoms with van der Waals surface area (Å²) in [4.78, 5) is 2.36. The maximum Gasteiger partial charge on any atom is 0.0992 e. The van der Waals surface area contributed by atoms with Gasteiger partial charge in [-0.2, -0.15) is 5.26 Å². The Morgan fingerprint density at radius 2 is 2.04 bits per heavy atom. The minimum Gasteiger partial charge on any atom is -0.381 e. The van der Waals surface area contributed by atoms with E-state index >= 15 is 0 Å². The Hall–Kier alpha value is -1.79. The Morgan fingerprint density at radius 3 is 2.67 bits per heavy atom. The Balaban J connectivity index is 2.36. The van der Waals surface area contributed by atoms with Crippen LogP contribution in [-0.4, -0.2) is 19.8 Å². The highest BCUT2D eigenvalue weighted by Gasteiger charge is 2.42. The minimum atomic E-state index is 0.161. The Bertz CT molecular complexity index is 701. The highest BCUT2D eigenvalue weighted by atomic mass is 16.5. The molecule has 0 aromatic heterocycles. The maximum absolute atomic E-state index is 9.35. The average molecular weight is 369 g/mol. The number of ether oxygens (including phenoxy) is 1. The van der Waals surface area contributed by atoms with E-state index in [1.54, 1.807) is 0 Å². The third-order valence-corrected chi connectivity index (χ3v) is 5.68. The minimum absolute atomic E-state index is 0.161. The molecule has 2 atom stereocenters. The largest absolute Gasteiger partial charge is 0.381 e. The lowest BCUT2D eigenvalue weighted by Crippen LogP contribution is -2.44. The van der Waals surface area contributed by atoms with E-state index in [1.165, 1.54) is 12.0 Å². The van der Waals surface area contributed by atoms with Crippen molar-refractivity contribution in [3.63, 3.8) is 0 Å². The fraction of sp³-hybridized carbons (Fsp3) is 0.625. The first-order valence-electron chi connectivity index (χ1n) is 10.2. The van der Waals surface area contributed by atoms with Gasteiger partial charge >= 0.3 is 0 Å². The van der Waals surface area contributed by atoms with Crippen LogP contribution in [0.4, 0.5) is 5.69 Å². The van der Waals surface area contributed by atoms with Gasteiger partial charge in [-0.3, -0.25) is 0 Å². The lowest BCUT2D eigenvalue weighted by Gasteiger charge is -2.48. The van der Waals surface area contributed by atoms with Crippen LogP contribution in [0.2, 0.25) is 0 Å². The number of anilines is 1. The molecule has 1 aliphatic carbocycles. The number of benzene rings is 1. The lowest BCUT2D eigenvalue weighted by molar-refractivity contribution is -0.0302. The fourth-order valence-electron chi connectivity index (χ4n) is 4.81. The van der Waals surface area contributed by atoms with E-state index in [2.05, 4.69) is 63.9 Å². The van der Waals surface area contributed by atoms with Crippen molar-refractivity contribution in [2.75, 3.05) is 18.6 Å². The molecule has 0 unspecified atom stereocenters. The molecule has 1 fully saturated rings. The zero-order valence-electron chi connectivity index (χ0n) is 18.0. The van der Waals surface area contributed by atoms with Gasteiger partial charge in [0.2, 0.25) is 0 Å². The van der Waals surface area contributed by atoms with Crippen LogP contribution in [0.3, 0.4) is 0 Å². The number of methoxy groups -OCH3 is 1. The van der Waals surface area contributed by atoms with Crippen LogP contribution in [0.1, 0.15) is 70.9 Å². The van der Waals surface area contributed by atoms with E-state index in [0.29, 0.717) is 11.7 Å². The second kappa shape index (κ2) is 8.93. The van der Waals surface area contributed by atoms with Crippen LogP contribution in [0.25, 0.3) is 0 Å². The van der Waals surface area contributed by atoms with Crippen LogP contribution in [0.15, 0.2) is 30.5 Å². The number of rotatable bonds is 7. The zero-order valence-corrected chi connectivity index (χ0v) is 18.0. The molecule has 1 saturated carbocycles. The molecular formula is C24H36N2O. The van der Waals surface area contributed by atoms with Crippen molar-refractivity contribution in [2.24, 2.45) is 10.8 Å². The third kappa shape index (κ3) is 5.84. The summed E-state index contributed by atoms with van der Waals surface area (Å²) in [6.07, 6.45) is 10.4. The summed E-state index contributed by atoms with van der Waals surface area (Å²) in [7, 11) is 1.84. The van der Waals surface area contributed by atoms with Gasteiger partial charge in [0.15, 0.2) is 0 Å². The van der Waals surface area contributed by atoms with Gasteiger partial charge in [-0.05, 0) is 61.1 Å². The second-order valence-corrected chi connectivity index (χ2v) is 9.33. The van der Waals surface area contributed by atoms with Crippen molar-refractivity contribution in [3.05, 3.63) is 41.6 Å². The number of nitrogens with zero attached hydrogens (tertiary/aromatic N) is 2. The smallest absolute Gasteiger partial charge is 0.0992 e. The topological polar surface area (TPSA) is 36.3 Å². The predicted molar refractivity (Wildman–Crippen MR) is 114 cm³/mol. The first kappa shape index (κ1) is 21.5. The Morgan fingerprint density at radius 1 is 1.30 bits per heavy atom. The number of unbranched alkanes of at least 4 members (excludes halogenated alkanes) is 1. The molecule has 0 amide bonds. The third-order valence-electron chi connectivity index (χ3n) is 5.68. The Labute approximate surface area is 166 Å². The summed E-state index contributed by atoms with van der Waals surface area (Å²) in [6.45, 7) is 12.4. The summed E-state index contributed by atoms with van der Waals surface area (Å²) in [5.41, 5.74) is 3.50. The molecule has 0 saturated heterocycles. The maximum atomic E-state index is 9.35. The standard InChI is InChI=1S/C24H36N2O/c1-7-8-9-12-26(22-13-20(16-25)11-10-19(22)2)18-24(5)15-21(27-6)14-23(3,4)17-24/h9-13,21H,7-8,14-15,17-18H2,1-6H3/b12-9+/t21-,24-/m1/s1. The fourth-order valence-corrected chi connectivity index (χ4v) is 4.81. The van der Waals surface area contributed by atoms with E-state index in [-0.39, 0.29) is 10.8 Å². The lowest BCUT2D eigenvalue weighted by atomic mass is 9.63. The molecule has 27 heavy (non-hydrogen) atoms. The van der Waals surface area contributed by atoms with Gasteiger partial charge in [0.05, 0.1) is 17.7 Å². The van der Waals surface area contributed by atoms with Gasteiger partial charge in [-0.1, -0.05) is 46.3 Å². The first-order chi connectivity index (χ1) is 12.7. The molecular weight excluding hydrogens is 332 g/mol. The molecule has 3 nitrogen and oxygen atoms in total. The monoisotopic (exact) mass is 368 g/mol. The molecule has 0 N–H and O–H groups in total. The van der Waals surface area contributed by atoms with E-state index in [9.17, 15) is 5.26 Å². The van der Waals surface area contributed by atoms with Crippen LogP contribution < -0.4 is 4.90 Å². The molecule has 0 radical (unpaired) electrons. The summed E-state index contributed by atoms with van der Waals surface area (Å²) < 4.78 is 5.79. The number of hydrogen-bond acceptors (Lipinski definition) is 3. The van der Waals surface area contributed by atoms with Gasteiger partial charge in [0.25, 0.3) is 0 Å². The molecule has 2 rings (SSSR count). The first-order valence-corrected chi connectivity index (χ1v) is 10.2. The van der Waals surface area contributed by atoms with Gasteiger partial charge in [0.1, 0.15) is 0 Å². The van der Waals surface area contributed by atoms with E-state index in [4.69, 9.17) is 4.74 Å². The molecule has 1 aromatic rings. The summed E-state index contributed by atoms with van der Waals surface area (Å²) >= 11 is 0. The van der Waals surface area contributed by atoms with Gasteiger partial charge < -0.3 is 9.64 Å². The molecule has 0 heterocycles. The average Bonchev–Trinajstić information content (AvgIpc) is 2.59. The molecule has 148 valence electrons. The summed E-state index contributed by atoms with van der Waals surface area (Å²) in [5.74, 6) is 0. The van der Waals surface area contributed by atoms with Crippen molar-refractivity contribution in [3.8, 4) is 6.07 Å². The van der Waals surface area contributed by atoms with E-state index in [1.807, 2.05) is 19.2 Å². The molecule has 1 aromatic carbocycles. The van der Waals surface area contributed by atoms with Crippen LogP contribution in [0, 0.1) is 29.1 Å². The molecule has 0 spiro atoms. The van der Waals surface area contributed by atoms with Crippen molar-refractivity contribution in [1.82, 2.24) is 0 Å². The normalized spacial score (nSPS) is 24.7. The van der Waals surface area contributed by atoms with Gasteiger partial charge in [-0.15, -0.1) is 0 Å². The summed E-state index contributed by atoms with van der Waals surface area (Å²) in [5, 5.41) is 9.35. The highest BCUT2D eigenvalue weighted by Crippen LogP contribution is 2.47. The number of aryl methyl sites for hydroxylation is 1. The van der Waals surface area contributed by atoms with Crippen LogP contribution in [0.5, 0.6) is 0 Å². The molecule has 0 bridgehead atoms. The Kier molecular flexibility index (Phi) is 7.12. The van der Waals surface area contributed by atoms with E-state index in [0.717, 1.165) is 37.9 Å². The quantitative estimate of drug-likeness (QED) is 0.573. The SMILES string of the molecule is CCC/C=C/N(C[C@]1(C)C[C@H](OC)CC(C)(C)C1)c1cc(C#N)ccc1C. The van der Waals surface area contributed by atoms with Gasteiger partial charge in [-0.25, -0.2) is 0 Å². The van der Waals surface area contributed by atoms with Crippen molar-refractivity contribution < 1.29 is 4.74 Å². The number of hydrogen-bond donors (Lipinski definition) is 0. The van der Waals surface area contributed by atoms with E-state index < -0.39 is 0 Å².